The van der Waals surface area contributed by atoms with Gasteiger partial charge in [-0.2, -0.15) is 0 Å². The van der Waals surface area contributed by atoms with Gasteiger partial charge in [0.15, 0.2) is 11.5 Å². The lowest BCUT2D eigenvalue weighted by molar-refractivity contribution is 0.117. The molecular weight excluding hydrogens is 262 g/mol. The van der Waals surface area contributed by atoms with Crippen molar-refractivity contribution < 1.29 is 9.47 Å². The summed E-state index contributed by atoms with van der Waals surface area (Å²) >= 11 is 0. The van der Waals surface area contributed by atoms with Crippen molar-refractivity contribution in [2.75, 3.05) is 20.7 Å². The highest BCUT2D eigenvalue weighted by Gasteiger charge is 2.59. The van der Waals surface area contributed by atoms with Gasteiger partial charge in [-0.05, 0) is 49.7 Å². The molecule has 2 bridgehead atoms. The van der Waals surface area contributed by atoms with E-state index in [2.05, 4.69) is 42.3 Å². The molecule has 108 valence electrons. The Morgan fingerprint density at radius 1 is 1.38 bits per heavy atom. The lowest BCUT2D eigenvalue weighted by atomic mass is 9.57. The van der Waals surface area contributed by atoms with Gasteiger partial charge < -0.3 is 9.47 Å². The minimum absolute atomic E-state index is 0.0589. The zero-order chi connectivity index (χ0) is 14.2. The van der Waals surface area contributed by atoms with Crippen LogP contribution in [0, 0.1) is 0 Å². The summed E-state index contributed by atoms with van der Waals surface area (Å²) in [5.74, 6) is 1.86. The molecule has 3 atom stereocenters. The number of likely N-dealkylation sites (N-methyl/N-ethyl adjacent to an activating group) is 1. The molecule has 0 aromatic heterocycles. The van der Waals surface area contributed by atoms with Crippen LogP contribution in [0.1, 0.15) is 17.5 Å². The third-order valence-corrected chi connectivity index (χ3v) is 5.84. The van der Waals surface area contributed by atoms with Gasteiger partial charge in [0.2, 0.25) is 0 Å². The summed E-state index contributed by atoms with van der Waals surface area (Å²) in [5.41, 5.74) is 4.45. The van der Waals surface area contributed by atoms with E-state index in [-0.39, 0.29) is 11.5 Å². The highest BCUT2D eigenvalue weighted by atomic mass is 16.5. The number of allylic oxidation sites excluding steroid dienone is 2. The van der Waals surface area contributed by atoms with Crippen LogP contribution in [0.5, 0.6) is 11.5 Å². The summed E-state index contributed by atoms with van der Waals surface area (Å²) in [6.07, 6.45) is 9.08. The molecule has 0 saturated carbocycles. The van der Waals surface area contributed by atoms with Gasteiger partial charge in [0.25, 0.3) is 0 Å². The largest absolute Gasteiger partial charge is 0.493 e. The molecule has 1 spiro atoms. The lowest BCUT2D eigenvalue weighted by Gasteiger charge is -2.52. The second-order valence-electron chi connectivity index (χ2n) is 6.60. The summed E-state index contributed by atoms with van der Waals surface area (Å²) in [6, 6.07) is 4.82. The van der Waals surface area contributed by atoms with E-state index >= 15 is 0 Å². The number of likely N-dealkylation sites (tertiary alicyclic amines) is 1. The maximum atomic E-state index is 6.36. The first-order valence-corrected chi connectivity index (χ1v) is 7.72. The van der Waals surface area contributed by atoms with Crippen LogP contribution in [0.4, 0.5) is 0 Å². The highest BCUT2D eigenvalue weighted by Crippen LogP contribution is 2.61. The van der Waals surface area contributed by atoms with Crippen molar-refractivity contribution in [3.05, 3.63) is 47.1 Å². The van der Waals surface area contributed by atoms with E-state index in [4.69, 9.17) is 9.47 Å². The van der Waals surface area contributed by atoms with Crippen molar-refractivity contribution >= 4 is 0 Å². The van der Waals surface area contributed by atoms with Gasteiger partial charge >= 0.3 is 0 Å². The topological polar surface area (TPSA) is 21.7 Å². The third-order valence-electron chi connectivity index (χ3n) is 5.84. The molecule has 5 rings (SSSR count). The van der Waals surface area contributed by atoms with Gasteiger partial charge in [0.05, 0.1) is 12.5 Å². The molecular formula is C18H19NO2. The minimum Gasteiger partial charge on any atom is -0.493 e. The van der Waals surface area contributed by atoms with Crippen LogP contribution in [0.15, 0.2) is 35.9 Å². The molecule has 2 aliphatic carbocycles. The van der Waals surface area contributed by atoms with Crippen LogP contribution in [-0.4, -0.2) is 37.7 Å². The van der Waals surface area contributed by atoms with E-state index in [0.29, 0.717) is 6.04 Å². The van der Waals surface area contributed by atoms with E-state index < -0.39 is 0 Å². The highest BCUT2D eigenvalue weighted by molar-refractivity contribution is 5.67. The van der Waals surface area contributed by atoms with Crippen molar-refractivity contribution in [3.63, 3.8) is 0 Å². The molecule has 2 aliphatic heterocycles. The number of hydrogen-bond acceptors (Lipinski definition) is 3. The summed E-state index contributed by atoms with van der Waals surface area (Å²) < 4.78 is 11.9. The summed E-state index contributed by atoms with van der Waals surface area (Å²) in [6.45, 7) is 1.13. The SMILES string of the molecule is COc1ccc2c3c1O[C@@H]1C=CC=C4[C@@H](C2)N(C)CC[C@]431. The molecule has 3 nitrogen and oxygen atoms in total. The number of hydrogen-bond donors (Lipinski definition) is 0. The second kappa shape index (κ2) is 3.72. The number of rotatable bonds is 1. The van der Waals surface area contributed by atoms with E-state index in [1.807, 2.05) is 0 Å². The number of ether oxygens (including phenoxy) is 2. The van der Waals surface area contributed by atoms with E-state index in [1.165, 1.54) is 11.1 Å². The molecule has 4 aliphatic rings. The number of piperidine rings is 1. The van der Waals surface area contributed by atoms with Gasteiger partial charge in [0.1, 0.15) is 6.10 Å². The van der Waals surface area contributed by atoms with Crippen molar-refractivity contribution in [1.82, 2.24) is 4.90 Å². The molecule has 2 heterocycles. The predicted octanol–water partition coefficient (Wildman–Crippen LogP) is 2.45. The van der Waals surface area contributed by atoms with Gasteiger partial charge in [0, 0.05) is 11.6 Å². The first-order chi connectivity index (χ1) is 10.3. The van der Waals surface area contributed by atoms with Crippen LogP contribution in [0.25, 0.3) is 0 Å². The molecule has 3 heteroatoms. The molecule has 0 N–H and O–H groups in total. The van der Waals surface area contributed by atoms with Gasteiger partial charge in [-0.3, -0.25) is 4.90 Å². The molecule has 1 aromatic rings. The Hall–Kier alpha value is -1.74. The Morgan fingerprint density at radius 3 is 3.14 bits per heavy atom. The third kappa shape index (κ3) is 1.21. The van der Waals surface area contributed by atoms with E-state index in [0.717, 1.165) is 30.9 Å². The zero-order valence-electron chi connectivity index (χ0n) is 12.4. The van der Waals surface area contributed by atoms with Crippen LogP contribution in [-0.2, 0) is 11.8 Å². The van der Waals surface area contributed by atoms with Crippen LogP contribution >= 0.6 is 0 Å². The van der Waals surface area contributed by atoms with Gasteiger partial charge in [-0.25, -0.2) is 0 Å². The Bertz CT molecular complexity index is 705. The Balaban J connectivity index is 1.85. The number of nitrogens with zero attached hydrogens (tertiary/aromatic N) is 1. The Morgan fingerprint density at radius 2 is 2.29 bits per heavy atom. The maximum absolute atomic E-state index is 6.36. The number of methoxy groups -OCH3 is 1. The zero-order valence-corrected chi connectivity index (χ0v) is 12.4. The van der Waals surface area contributed by atoms with E-state index in [1.54, 1.807) is 12.7 Å². The average Bonchev–Trinajstić information content (AvgIpc) is 2.84. The molecule has 21 heavy (non-hydrogen) atoms. The monoisotopic (exact) mass is 281 g/mol. The lowest BCUT2D eigenvalue weighted by Crippen LogP contribution is -2.57. The molecule has 1 saturated heterocycles. The molecule has 0 unspecified atom stereocenters. The minimum atomic E-state index is 0.0589. The smallest absolute Gasteiger partial charge is 0.166 e. The molecule has 1 aromatic carbocycles. The number of benzene rings is 1. The maximum Gasteiger partial charge on any atom is 0.166 e. The summed E-state index contributed by atoms with van der Waals surface area (Å²) in [7, 11) is 3.98. The van der Waals surface area contributed by atoms with Crippen molar-refractivity contribution in [3.8, 4) is 11.5 Å². The average molecular weight is 281 g/mol. The predicted molar refractivity (Wildman–Crippen MR) is 81.1 cm³/mol. The summed E-state index contributed by atoms with van der Waals surface area (Å²) in [4.78, 5) is 2.50. The van der Waals surface area contributed by atoms with Crippen LogP contribution < -0.4 is 9.47 Å². The van der Waals surface area contributed by atoms with Crippen molar-refractivity contribution in [2.45, 2.75) is 30.4 Å². The van der Waals surface area contributed by atoms with Gasteiger partial charge in [-0.15, -0.1) is 0 Å². The first kappa shape index (κ1) is 11.9. The fourth-order valence-corrected chi connectivity index (χ4v) is 4.87. The fourth-order valence-electron chi connectivity index (χ4n) is 4.87. The Labute approximate surface area is 124 Å². The van der Waals surface area contributed by atoms with Crippen molar-refractivity contribution in [1.29, 1.82) is 0 Å². The quantitative estimate of drug-likeness (QED) is 0.789. The summed E-state index contributed by atoms with van der Waals surface area (Å²) in [5, 5.41) is 0. The van der Waals surface area contributed by atoms with E-state index in [9.17, 15) is 0 Å². The molecule has 0 radical (unpaired) electrons. The standard InChI is InChI=1S/C18H19NO2/c1-19-9-8-18-12-4-3-5-15(18)21-17-14(20-2)7-6-11(16(17)18)10-13(12)19/h3-7,13,15H,8-10H2,1-2H3/t13-,15-,18-/m1/s1. The van der Waals surface area contributed by atoms with Gasteiger partial charge in [-0.1, -0.05) is 18.2 Å². The fraction of sp³-hybridized carbons (Fsp3) is 0.444. The normalized spacial score (nSPS) is 35.0. The van der Waals surface area contributed by atoms with Crippen LogP contribution in [0.3, 0.4) is 0 Å². The Kier molecular flexibility index (Phi) is 2.10. The van der Waals surface area contributed by atoms with Crippen molar-refractivity contribution in [2.24, 2.45) is 0 Å². The van der Waals surface area contributed by atoms with Crippen LogP contribution in [0.2, 0.25) is 0 Å². The second-order valence-corrected chi connectivity index (χ2v) is 6.60. The molecule has 1 fully saturated rings. The molecule has 0 amide bonds. The first-order valence-electron chi connectivity index (χ1n) is 7.72.